The smallest absolute Gasteiger partial charge is 0.388 e. The molecule has 0 radical (unpaired) electrons. The van der Waals surface area contributed by atoms with E-state index in [2.05, 4.69) is 10.3 Å². The van der Waals surface area contributed by atoms with Gasteiger partial charge in [-0.15, -0.1) is 11.3 Å². The molecule has 1 atom stereocenters. The molecule has 3 rings (SSSR count). The van der Waals surface area contributed by atoms with Gasteiger partial charge in [0.1, 0.15) is 11.5 Å². The molecule has 5 nitrogen and oxygen atoms in total. The monoisotopic (exact) mass is 441 g/mol. The van der Waals surface area contributed by atoms with Crippen molar-refractivity contribution in [1.82, 2.24) is 9.55 Å². The third kappa shape index (κ3) is 4.88. The van der Waals surface area contributed by atoms with Crippen molar-refractivity contribution in [1.29, 1.82) is 0 Å². The summed E-state index contributed by atoms with van der Waals surface area (Å²) in [6.07, 6.45) is -2.67. The first-order chi connectivity index (χ1) is 14.1. The Bertz CT molecular complexity index is 1030. The fourth-order valence-corrected chi connectivity index (χ4v) is 3.46. The summed E-state index contributed by atoms with van der Waals surface area (Å²) < 4.78 is 54.1. The predicted molar refractivity (Wildman–Crippen MR) is 105 cm³/mol. The van der Waals surface area contributed by atoms with E-state index in [0.717, 1.165) is 12.1 Å². The second-order valence-corrected chi connectivity index (χ2v) is 7.97. The average molecular weight is 441 g/mol. The van der Waals surface area contributed by atoms with Crippen molar-refractivity contribution >= 4 is 22.4 Å². The standard InChI is InChI=1S/C20H19F4N3O2S/c1-11(2)17(28)13-8-16(18(29)26-19-25-5-6-30-19)27(10-13)9-12-3-4-15(21)14(7-12)20(22,23)24/h3-8,10-11,17,28H,9H2,1-2H3,(H,25,26,29). The molecule has 2 heterocycles. The van der Waals surface area contributed by atoms with E-state index < -0.39 is 29.6 Å². The molecule has 3 aromatic rings. The number of alkyl halides is 3. The zero-order chi connectivity index (χ0) is 22.1. The summed E-state index contributed by atoms with van der Waals surface area (Å²) in [5.41, 5.74) is -0.623. The minimum atomic E-state index is -4.83. The van der Waals surface area contributed by atoms with Gasteiger partial charge in [-0.2, -0.15) is 13.2 Å². The van der Waals surface area contributed by atoms with E-state index >= 15 is 0 Å². The maximum absolute atomic E-state index is 13.6. The van der Waals surface area contributed by atoms with E-state index in [-0.39, 0.29) is 23.7 Å². The topological polar surface area (TPSA) is 67.2 Å². The lowest BCUT2D eigenvalue weighted by Gasteiger charge is -2.13. The van der Waals surface area contributed by atoms with Crippen LogP contribution < -0.4 is 5.32 Å². The Morgan fingerprint density at radius 1 is 1.30 bits per heavy atom. The van der Waals surface area contributed by atoms with Crippen molar-refractivity contribution in [2.75, 3.05) is 5.32 Å². The Labute approximate surface area is 174 Å². The van der Waals surface area contributed by atoms with Gasteiger partial charge in [0.2, 0.25) is 0 Å². The first-order valence-electron chi connectivity index (χ1n) is 9.01. The molecule has 160 valence electrons. The lowest BCUT2D eigenvalue weighted by molar-refractivity contribution is -0.140. The van der Waals surface area contributed by atoms with Crippen molar-refractivity contribution in [3.63, 3.8) is 0 Å². The number of carbonyl (C=O) groups excluding carboxylic acids is 1. The molecule has 10 heteroatoms. The van der Waals surface area contributed by atoms with E-state index in [1.54, 1.807) is 19.2 Å². The number of rotatable bonds is 6. The molecule has 0 fully saturated rings. The highest BCUT2D eigenvalue weighted by molar-refractivity contribution is 7.13. The van der Waals surface area contributed by atoms with Gasteiger partial charge in [-0.3, -0.25) is 10.1 Å². The van der Waals surface area contributed by atoms with Crippen molar-refractivity contribution in [2.45, 2.75) is 32.7 Å². The summed E-state index contributed by atoms with van der Waals surface area (Å²) in [7, 11) is 0. The molecule has 1 amide bonds. The Morgan fingerprint density at radius 2 is 2.03 bits per heavy atom. The molecule has 0 bridgehead atoms. The lowest BCUT2D eigenvalue weighted by Crippen LogP contribution is -2.17. The maximum atomic E-state index is 13.6. The first-order valence-corrected chi connectivity index (χ1v) is 9.89. The second kappa shape index (κ2) is 8.57. The highest BCUT2D eigenvalue weighted by Gasteiger charge is 2.34. The molecule has 0 aliphatic carbocycles. The van der Waals surface area contributed by atoms with Gasteiger partial charge < -0.3 is 9.67 Å². The zero-order valence-electron chi connectivity index (χ0n) is 16.1. The van der Waals surface area contributed by atoms with Crippen LogP contribution in [-0.2, 0) is 12.7 Å². The third-order valence-electron chi connectivity index (χ3n) is 4.47. The molecule has 0 aliphatic rings. The highest BCUT2D eigenvalue weighted by atomic mass is 32.1. The lowest BCUT2D eigenvalue weighted by atomic mass is 10.0. The molecule has 2 aromatic heterocycles. The first kappa shape index (κ1) is 22.0. The van der Waals surface area contributed by atoms with Crippen molar-refractivity contribution in [2.24, 2.45) is 5.92 Å². The van der Waals surface area contributed by atoms with Crippen LogP contribution in [0.3, 0.4) is 0 Å². The molecular weight excluding hydrogens is 422 g/mol. The normalized spacial score (nSPS) is 12.9. The Morgan fingerprint density at radius 3 is 2.63 bits per heavy atom. The molecule has 30 heavy (non-hydrogen) atoms. The number of carbonyl (C=O) groups is 1. The number of hydrogen-bond donors (Lipinski definition) is 2. The predicted octanol–water partition coefficient (Wildman–Crippen LogP) is 5.09. The number of aliphatic hydroxyl groups is 1. The molecule has 0 saturated heterocycles. The van der Waals surface area contributed by atoms with Crippen molar-refractivity contribution in [3.05, 3.63) is 70.2 Å². The van der Waals surface area contributed by atoms with Crippen LogP contribution in [0.1, 0.15) is 47.1 Å². The Kier molecular flexibility index (Phi) is 6.27. The second-order valence-electron chi connectivity index (χ2n) is 7.08. The number of aromatic nitrogens is 2. The van der Waals surface area contributed by atoms with Gasteiger partial charge in [0.25, 0.3) is 5.91 Å². The van der Waals surface area contributed by atoms with Gasteiger partial charge in [-0.25, -0.2) is 9.37 Å². The Balaban J connectivity index is 1.97. The summed E-state index contributed by atoms with van der Waals surface area (Å²) in [6.45, 7) is 3.48. The third-order valence-corrected chi connectivity index (χ3v) is 5.15. The van der Waals surface area contributed by atoms with Crippen molar-refractivity contribution in [3.8, 4) is 0 Å². The van der Waals surface area contributed by atoms with Gasteiger partial charge in [-0.1, -0.05) is 19.9 Å². The summed E-state index contributed by atoms with van der Waals surface area (Å²) >= 11 is 1.21. The fourth-order valence-electron chi connectivity index (χ4n) is 2.93. The van der Waals surface area contributed by atoms with Gasteiger partial charge in [0.05, 0.1) is 11.7 Å². The van der Waals surface area contributed by atoms with Crippen LogP contribution in [0.25, 0.3) is 0 Å². The number of hydrogen-bond acceptors (Lipinski definition) is 4. The molecule has 0 spiro atoms. The molecule has 1 unspecified atom stereocenters. The quantitative estimate of drug-likeness (QED) is 0.524. The van der Waals surface area contributed by atoms with E-state index in [9.17, 15) is 27.5 Å². The van der Waals surface area contributed by atoms with E-state index in [4.69, 9.17) is 0 Å². The van der Waals surface area contributed by atoms with Crippen LogP contribution in [0.15, 0.2) is 42.0 Å². The van der Waals surface area contributed by atoms with Crippen LogP contribution in [0.2, 0.25) is 0 Å². The van der Waals surface area contributed by atoms with Gasteiger partial charge in [-0.05, 0) is 35.2 Å². The summed E-state index contributed by atoms with van der Waals surface area (Å²) in [6, 6.07) is 4.19. The molecule has 1 aromatic carbocycles. The Hall–Kier alpha value is -2.72. The SMILES string of the molecule is CC(C)C(O)c1cc(C(=O)Nc2nccs2)n(Cc2ccc(F)c(C(F)(F)F)c2)c1. The average Bonchev–Trinajstić information content (AvgIpc) is 3.31. The molecule has 0 aliphatic heterocycles. The largest absolute Gasteiger partial charge is 0.419 e. The maximum Gasteiger partial charge on any atom is 0.419 e. The number of amides is 1. The summed E-state index contributed by atoms with van der Waals surface area (Å²) in [4.78, 5) is 16.7. The highest BCUT2D eigenvalue weighted by Crippen LogP contribution is 2.32. The number of benzene rings is 1. The van der Waals surface area contributed by atoms with Gasteiger partial charge in [0.15, 0.2) is 5.13 Å². The van der Waals surface area contributed by atoms with E-state index in [1.807, 2.05) is 0 Å². The van der Waals surface area contributed by atoms with Crippen LogP contribution in [0.4, 0.5) is 22.7 Å². The fraction of sp³-hybridized carbons (Fsp3) is 0.300. The molecule has 0 saturated carbocycles. The van der Waals surface area contributed by atoms with E-state index in [0.29, 0.717) is 10.7 Å². The van der Waals surface area contributed by atoms with Crippen LogP contribution in [-0.4, -0.2) is 20.6 Å². The number of nitrogens with one attached hydrogen (secondary N) is 1. The number of halogens is 4. The van der Waals surface area contributed by atoms with Crippen LogP contribution in [0, 0.1) is 11.7 Å². The number of nitrogens with zero attached hydrogens (tertiary/aromatic N) is 2. The van der Waals surface area contributed by atoms with Crippen LogP contribution in [0.5, 0.6) is 0 Å². The van der Waals surface area contributed by atoms with Crippen LogP contribution >= 0.6 is 11.3 Å². The van der Waals surface area contributed by atoms with Gasteiger partial charge >= 0.3 is 6.18 Å². The number of thiazole rings is 1. The number of aliphatic hydroxyl groups excluding tert-OH is 1. The summed E-state index contributed by atoms with van der Waals surface area (Å²) in [5.74, 6) is -2.03. The summed E-state index contributed by atoms with van der Waals surface area (Å²) in [5, 5.41) is 15.0. The number of anilines is 1. The zero-order valence-corrected chi connectivity index (χ0v) is 16.9. The molecular formula is C20H19F4N3O2S. The van der Waals surface area contributed by atoms with Crippen molar-refractivity contribution < 1.29 is 27.5 Å². The van der Waals surface area contributed by atoms with E-state index in [1.165, 1.54) is 40.4 Å². The van der Waals surface area contributed by atoms with Gasteiger partial charge in [0, 0.05) is 24.3 Å². The minimum absolute atomic E-state index is 0.116. The molecule has 2 N–H and O–H groups in total. The minimum Gasteiger partial charge on any atom is -0.388 e.